The van der Waals surface area contributed by atoms with E-state index in [1.807, 2.05) is 6.92 Å². The second-order valence-corrected chi connectivity index (χ2v) is 6.10. The molecule has 2 rings (SSSR count). The van der Waals surface area contributed by atoms with Crippen LogP contribution in [-0.4, -0.2) is 29.0 Å². The maximum Gasteiger partial charge on any atom is 0.355 e. The third-order valence-corrected chi connectivity index (χ3v) is 4.37. The van der Waals surface area contributed by atoms with Crippen molar-refractivity contribution < 1.29 is 27.8 Å². The first-order valence-corrected chi connectivity index (χ1v) is 8.75. The Bertz CT molecular complexity index is 873. The number of rotatable bonds is 7. The van der Waals surface area contributed by atoms with Crippen molar-refractivity contribution in [3.05, 3.63) is 52.3 Å². The monoisotopic (exact) mass is 379 g/mol. The van der Waals surface area contributed by atoms with E-state index in [-0.39, 0.29) is 12.4 Å². The molecule has 1 heterocycles. The van der Waals surface area contributed by atoms with Crippen LogP contribution in [0.2, 0.25) is 0 Å². The van der Waals surface area contributed by atoms with Gasteiger partial charge in [0.2, 0.25) is 5.78 Å². The highest BCUT2D eigenvalue weighted by molar-refractivity contribution is 6.05. The number of aromatic nitrogens is 1. The molecule has 0 spiro atoms. The molecule has 0 radical (unpaired) electrons. The van der Waals surface area contributed by atoms with Crippen molar-refractivity contribution in [1.82, 2.24) is 4.57 Å². The van der Waals surface area contributed by atoms with E-state index < -0.39 is 29.5 Å². The van der Waals surface area contributed by atoms with E-state index >= 15 is 0 Å². The number of benzene rings is 1. The zero-order valence-corrected chi connectivity index (χ0v) is 16.1. The predicted octanol–water partition coefficient (Wildman–Crippen LogP) is 4.23. The number of nitrogens with zero attached hydrogens (tertiary/aromatic N) is 1. The number of ether oxygens (including phenoxy) is 2. The Morgan fingerprint density at radius 1 is 1.19 bits per heavy atom. The van der Waals surface area contributed by atoms with Gasteiger partial charge in [-0.3, -0.25) is 4.79 Å². The Balaban J connectivity index is 2.39. The Labute approximate surface area is 156 Å². The molecule has 0 saturated heterocycles. The molecule has 1 aromatic heterocycles. The minimum Gasteiger partial charge on any atom is -0.479 e. The third-order valence-electron chi connectivity index (χ3n) is 4.37. The molecular weight excluding hydrogens is 356 g/mol. The van der Waals surface area contributed by atoms with Gasteiger partial charge in [-0.15, -0.1) is 0 Å². The molecule has 0 aliphatic rings. The maximum atomic E-state index is 13.8. The molecule has 0 saturated carbocycles. The van der Waals surface area contributed by atoms with Crippen LogP contribution in [0, 0.1) is 25.5 Å². The summed E-state index contributed by atoms with van der Waals surface area (Å²) in [5.41, 5.74) is 1.76. The van der Waals surface area contributed by atoms with Gasteiger partial charge in [0, 0.05) is 23.9 Å². The Kier molecular flexibility index (Phi) is 6.36. The molecule has 27 heavy (non-hydrogen) atoms. The van der Waals surface area contributed by atoms with Gasteiger partial charge in [0.15, 0.2) is 17.7 Å². The van der Waals surface area contributed by atoms with E-state index in [0.29, 0.717) is 35.1 Å². The summed E-state index contributed by atoms with van der Waals surface area (Å²) in [5, 5.41) is 0. The quantitative estimate of drug-likeness (QED) is 0.534. The van der Waals surface area contributed by atoms with Crippen molar-refractivity contribution in [2.24, 2.45) is 0 Å². The van der Waals surface area contributed by atoms with Gasteiger partial charge in [-0.05, 0) is 52.3 Å². The minimum absolute atomic E-state index is 0.215. The number of esters is 1. The fourth-order valence-electron chi connectivity index (χ4n) is 3.13. The highest BCUT2D eigenvalue weighted by atomic mass is 19.1. The van der Waals surface area contributed by atoms with Gasteiger partial charge < -0.3 is 14.0 Å². The van der Waals surface area contributed by atoms with Gasteiger partial charge >= 0.3 is 5.97 Å². The maximum absolute atomic E-state index is 13.8. The van der Waals surface area contributed by atoms with Crippen LogP contribution in [0.3, 0.4) is 0 Å². The lowest BCUT2D eigenvalue weighted by Crippen LogP contribution is -2.25. The summed E-state index contributed by atoms with van der Waals surface area (Å²) in [4.78, 5) is 25.2. The van der Waals surface area contributed by atoms with E-state index in [1.165, 1.54) is 6.92 Å². The third kappa shape index (κ3) is 4.02. The fourth-order valence-corrected chi connectivity index (χ4v) is 3.13. The van der Waals surface area contributed by atoms with Gasteiger partial charge in [0.25, 0.3) is 0 Å². The topological polar surface area (TPSA) is 57.5 Å². The van der Waals surface area contributed by atoms with Crippen molar-refractivity contribution in [1.29, 1.82) is 0 Å². The normalized spacial score (nSPS) is 12.0. The molecule has 0 amide bonds. The SMILES string of the molecule is CCOC(=O)c1c(C)c(C(=O)[C@H](C)Oc2ccc(F)cc2F)c(C)n1CC. The summed E-state index contributed by atoms with van der Waals surface area (Å²) in [7, 11) is 0. The number of ketones is 1. The molecule has 0 aliphatic carbocycles. The molecule has 0 N–H and O–H groups in total. The number of hydrogen-bond acceptors (Lipinski definition) is 4. The summed E-state index contributed by atoms with van der Waals surface area (Å²) in [6, 6.07) is 2.88. The van der Waals surface area contributed by atoms with Crippen molar-refractivity contribution >= 4 is 11.8 Å². The second kappa shape index (κ2) is 8.33. The average molecular weight is 379 g/mol. The molecule has 0 fully saturated rings. The van der Waals surface area contributed by atoms with Crippen LogP contribution < -0.4 is 4.74 Å². The van der Waals surface area contributed by atoms with Crippen LogP contribution >= 0.6 is 0 Å². The van der Waals surface area contributed by atoms with Crippen molar-refractivity contribution in [3.63, 3.8) is 0 Å². The van der Waals surface area contributed by atoms with Crippen molar-refractivity contribution in [2.75, 3.05) is 6.61 Å². The molecule has 0 bridgehead atoms. The molecular formula is C20H23F2NO4. The Morgan fingerprint density at radius 2 is 1.85 bits per heavy atom. The fraction of sp³-hybridized carbons (Fsp3) is 0.400. The average Bonchev–Trinajstić information content (AvgIpc) is 2.86. The molecule has 5 nitrogen and oxygen atoms in total. The van der Waals surface area contributed by atoms with E-state index in [2.05, 4.69) is 0 Å². The van der Waals surface area contributed by atoms with Crippen LogP contribution in [0.15, 0.2) is 18.2 Å². The van der Waals surface area contributed by atoms with Crippen molar-refractivity contribution in [2.45, 2.75) is 47.3 Å². The largest absolute Gasteiger partial charge is 0.479 e. The van der Waals surface area contributed by atoms with E-state index in [1.54, 1.807) is 25.3 Å². The van der Waals surface area contributed by atoms with Gasteiger partial charge in [-0.1, -0.05) is 0 Å². The van der Waals surface area contributed by atoms with Crippen LogP contribution in [0.4, 0.5) is 8.78 Å². The molecule has 1 atom stereocenters. The van der Waals surface area contributed by atoms with Gasteiger partial charge in [0.05, 0.1) is 6.61 Å². The Morgan fingerprint density at radius 3 is 2.41 bits per heavy atom. The van der Waals surface area contributed by atoms with Crippen LogP contribution in [-0.2, 0) is 11.3 Å². The second-order valence-electron chi connectivity index (χ2n) is 6.10. The first-order valence-electron chi connectivity index (χ1n) is 8.75. The zero-order chi connectivity index (χ0) is 20.3. The van der Waals surface area contributed by atoms with Gasteiger partial charge in [-0.2, -0.15) is 0 Å². The van der Waals surface area contributed by atoms with E-state index in [9.17, 15) is 18.4 Å². The lowest BCUT2D eigenvalue weighted by molar-refractivity contribution is 0.0512. The van der Waals surface area contributed by atoms with Crippen molar-refractivity contribution in [3.8, 4) is 5.75 Å². The first kappa shape index (κ1) is 20.6. The molecule has 146 valence electrons. The molecule has 0 unspecified atom stereocenters. The predicted molar refractivity (Wildman–Crippen MR) is 96.3 cm³/mol. The first-order chi connectivity index (χ1) is 12.7. The molecule has 1 aromatic carbocycles. The highest BCUT2D eigenvalue weighted by Gasteiger charge is 2.30. The number of Topliss-reactive ketones (excluding diaryl/α,β-unsaturated/α-hetero) is 1. The zero-order valence-electron chi connectivity index (χ0n) is 16.1. The van der Waals surface area contributed by atoms with Crippen LogP contribution in [0.5, 0.6) is 5.75 Å². The number of carbonyl (C=O) groups excluding carboxylic acids is 2. The molecule has 7 heteroatoms. The summed E-state index contributed by atoms with van der Waals surface area (Å²) in [6.07, 6.45) is -1.02. The Hall–Kier alpha value is -2.70. The smallest absolute Gasteiger partial charge is 0.355 e. The number of hydrogen-bond donors (Lipinski definition) is 0. The van der Waals surface area contributed by atoms with Crippen LogP contribution in [0.25, 0.3) is 0 Å². The summed E-state index contributed by atoms with van der Waals surface area (Å²) >= 11 is 0. The van der Waals surface area contributed by atoms with Gasteiger partial charge in [0.1, 0.15) is 11.5 Å². The van der Waals surface area contributed by atoms with Gasteiger partial charge in [-0.25, -0.2) is 13.6 Å². The lowest BCUT2D eigenvalue weighted by Gasteiger charge is -2.15. The highest BCUT2D eigenvalue weighted by Crippen LogP contribution is 2.26. The van der Waals surface area contributed by atoms with E-state index in [0.717, 1.165) is 12.1 Å². The number of halogens is 2. The molecule has 2 aromatic rings. The molecule has 0 aliphatic heterocycles. The number of carbonyl (C=O) groups is 2. The lowest BCUT2D eigenvalue weighted by atomic mass is 10.0. The summed E-state index contributed by atoms with van der Waals surface area (Å²) in [6.45, 7) is 9.16. The van der Waals surface area contributed by atoms with Crippen LogP contribution in [0.1, 0.15) is 52.9 Å². The summed E-state index contributed by atoms with van der Waals surface area (Å²) in [5.74, 6) is -2.73. The van der Waals surface area contributed by atoms with E-state index in [4.69, 9.17) is 9.47 Å². The standard InChI is InChI=1S/C20H23F2NO4/c1-6-23-12(4)17(11(3)18(23)20(25)26-7-2)19(24)13(5)27-16-9-8-14(21)10-15(16)22/h8-10,13H,6-7H2,1-5H3/t13-/m0/s1. The summed E-state index contributed by atoms with van der Waals surface area (Å²) < 4.78 is 39.0. The minimum atomic E-state index is -1.02.